The number of fused-ring (bicyclic) bond motifs is 1. The normalized spacial score (nSPS) is 30.7. The first-order chi connectivity index (χ1) is 15.3. The van der Waals surface area contributed by atoms with Crippen LogP contribution in [0.25, 0.3) is 0 Å². The molecule has 1 aromatic rings. The fraction of sp³-hybridized carbons (Fsp3) is 0.760. The monoisotopic (exact) mass is 528 g/mol. The number of rotatable bonds is 7. The third-order valence-corrected chi connectivity index (χ3v) is 19.9. The minimum absolute atomic E-state index is 0.0418. The highest BCUT2D eigenvalue weighted by molar-refractivity contribution is 7.93. The highest BCUT2D eigenvalue weighted by Crippen LogP contribution is 2.58. The van der Waals surface area contributed by atoms with Gasteiger partial charge in [0.1, 0.15) is 12.2 Å². The van der Waals surface area contributed by atoms with Gasteiger partial charge in [0.2, 0.25) is 14.8 Å². The fourth-order valence-corrected chi connectivity index (χ4v) is 8.58. The minimum atomic E-state index is -3.89. The Morgan fingerprint density at radius 1 is 1.00 bits per heavy atom. The van der Waals surface area contributed by atoms with E-state index in [0.717, 1.165) is 0 Å². The summed E-state index contributed by atoms with van der Waals surface area (Å²) >= 11 is 0. The third-order valence-electron chi connectivity index (χ3n) is 8.59. The smallest absolute Gasteiger partial charge is 0.227 e. The Balaban J connectivity index is 1.97. The van der Waals surface area contributed by atoms with Crippen LogP contribution in [0.2, 0.25) is 36.3 Å². The van der Waals surface area contributed by atoms with Crippen molar-refractivity contribution in [2.45, 2.75) is 112 Å². The van der Waals surface area contributed by atoms with Crippen molar-refractivity contribution in [1.29, 1.82) is 0 Å². The van der Waals surface area contributed by atoms with Gasteiger partial charge in [0, 0.05) is 12.5 Å². The summed E-state index contributed by atoms with van der Waals surface area (Å²) in [5, 5.41) is 11.5. The van der Waals surface area contributed by atoms with E-state index < -0.39 is 49.7 Å². The summed E-state index contributed by atoms with van der Waals surface area (Å²) in [4.78, 5) is -1.36. The second kappa shape index (κ2) is 8.78. The molecule has 1 saturated carbocycles. The van der Waals surface area contributed by atoms with Gasteiger partial charge in [-0.2, -0.15) is 0 Å². The van der Waals surface area contributed by atoms with Crippen molar-refractivity contribution in [1.82, 2.24) is 0 Å². The van der Waals surface area contributed by atoms with Crippen LogP contribution in [0.1, 0.15) is 48.0 Å². The van der Waals surface area contributed by atoms with E-state index in [4.69, 9.17) is 13.6 Å². The number of hydrogen-bond acceptors (Lipinski definition) is 6. The van der Waals surface area contributed by atoms with Crippen molar-refractivity contribution in [2.24, 2.45) is 5.92 Å². The van der Waals surface area contributed by atoms with Gasteiger partial charge in [-0.05, 0) is 54.8 Å². The number of hydrogen-bond donors (Lipinski definition) is 1. The van der Waals surface area contributed by atoms with Crippen LogP contribution in [-0.2, 0) is 23.4 Å². The number of aliphatic hydroxyl groups is 1. The standard InChI is InChI=1S/C25H44O6SSi2/c1-23(2,3)33(7,8)29-17-18-16-20-25(30-20,32(27,28)19-14-12-11-13-15-19)22(21(18)26)31-34(9,10)24(4,5)6/h11-15,18,20-22,26H,16-17H2,1-10H3/t18-,20-,21-,22+,25+/m1/s1. The average Bonchev–Trinajstić information content (AvgIpc) is 3.44. The number of aliphatic hydroxyl groups excluding tert-OH is 1. The van der Waals surface area contributed by atoms with Gasteiger partial charge in [-0.3, -0.25) is 0 Å². The summed E-state index contributed by atoms with van der Waals surface area (Å²) in [6, 6.07) is 8.38. The largest absolute Gasteiger partial charge is 0.416 e. The molecule has 0 unspecified atom stereocenters. The number of ether oxygens (including phenoxy) is 1. The first-order valence-corrected chi connectivity index (χ1v) is 19.6. The molecule has 1 N–H and O–H groups in total. The molecule has 1 aromatic carbocycles. The highest BCUT2D eigenvalue weighted by atomic mass is 32.2. The van der Waals surface area contributed by atoms with E-state index in [1.807, 2.05) is 0 Å². The van der Waals surface area contributed by atoms with E-state index in [1.54, 1.807) is 30.3 Å². The lowest BCUT2D eigenvalue weighted by Gasteiger charge is -2.45. The molecule has 6 nitrogen and oxygen atoms in total. The number of sulfone groups is 1. The van der Waals surface area contributed by atoms with Crippen molar-refractivity contribution < 1.29 is 27.1 Å². The van der Waals surface area contributed by atoms with Gasteiger partial charge in [-0.1, -0.05) is 59.7 Å². The fourth-order valence-electron chi connectivity index (χ4n) is 4.07. The molecule has 34 heavy (non-hydrogen) atoms. The first kappa shape index (κ1) is 28.0. The first-order valence-electron chi connectivity index (χ1n) is 12.3. The van der Waals surface area contributed by atoms with Gasteiger partial charge in [0.05, 0.1) is 11.0 Å². The predicted octanol–water partition coefficient (Wildman–Crippen LogP) is 5.35. The van der Waals surface area contributed by atoms with Gasteiger partial charge < -0.3 is 18.7 Å². The summed E-state index contributed by atoms with van der Waals surface area (Å²) in [6.07, 6.45) is -2.07. The minimum Gasteiger partial charge on any atom is -0.416 e. The van der Waals surface area contributed by atoms with E-state index in [2.05, 4.69) is 67.7 Å². The molecule has 194 valence electrons. The van der Waals surface area contributed by atoms with Gasteiger partial charge in [0.15, 0.2) is 16.6 Å². The Bertz CT molecular complexity index is 981. The average molecular weight is 529 g/mol. The predicted molar refractivity (Wildman–Crippen MR) is 141 cm³/mol. The summed E-state index contributed by atoms with van der Waals surface area (Å²) in [5.41, 5.74) is 0. The highest BCUT2D eigenvalue weighted by Gasteiger charge is 2.76. The van der Waals surface area contributed by atoms with Crippen LogP contribution >= 0.6 is 0 Å². The molecule has 5 atom stereocenters. The quantitative estimate of drug-likeness (QED) is 0.379. The van der Waals surface area contributed by atoms with E-state index in [1.165, 1.54) is 0 Å². The van der Waals surface area contributed by atoms with Crippen LogP contribution in [0.15, 0.2) is 35.2 Å². The van der Waals surface area contributed by atoms with Gasteiger partial charge in [-0.15, -0.1) is 0 Å². The van der Waals surface area contributed by atoms with E-state index in [-0.39, 0.29) is 20.9 Å². The van der Waals surface area contributed by atoms with Crippen LogP contribution < -0.4 is 0 Å². The molecule has 0 aromatic heterocycles. The molecular formula is C25H44O6SSi2. The van der Waals surface area contributed by atoms with Crippen LogP contribution in [0.3, 0.4) is 0 Å². The Hall–Kier alpha value is -0.556. The molecule has 3 rings (SSSR count). The van der Waals surface area contributed by atoms with Crippen LogP contribution in [0.4, 0.5) is 0 Å². The zero-order valence-electron chi connectivity index (χ0n) is 22.5. The van der Waals surface area contributed by atoms with Crippen LogP contribution in [0, 0.1) is 5.92 Å². The summed E-state index contributed by atoms with van der Waals surface area (Å²) in [7, 11) is -8.36. The maximum Gasteiger partial charge on any atom is 0.227 e. The summed E-state index contributed by atoms with van der Waals surface area (Å²) in [5.74, 6) is -0.254. The molecule has 0 spiro atoms. The molecule has 1 aliphatic carbocycles. The SMILES string of the molecule is CC(C)(C)[Si](C)(C)OC[C@H]1C[C@H]2O[C@@]2(S(=O)(=O)c2ccccc2)[C@@H](O[Si](C)(C)C(C)(C)C)[C@@H]1O. The molecule has 2 fully saturated rings. The van der Waals surface area contributed by atoms with Crippen molar-refractivity contribution in [3.05, 3.63) is 30.3 Å². The van der Waals surface area contributed by atoms with Crippen LogP contribution in [-0.4, -0.2) is 60.0 Å². The zero-order chi connectivity index (χ0) is 26.0. The number of epoxide rings is 1. The summed E-state index contributed by atoms with van der Waals surface area (Å²) in [6.45, 7) is 21.8. The Morgan fingerprint density at radius 3 is 2.03 bits per heavy atom. The van der Waals surface area contributed by atoms with Gasteiger partial charge in [-0.25, -0.2) is 8.42 Å². The maximum atomic E-state index is 13.9. The molecule has 1 saturated heterocycles. The van der Waals surface area contributed by atoms with Gasteiger partial charge in [0.25, 0.3) is 0 Å². The van der Waals surface area contributed by atoms with E-state index >= 15 is 0 Å². The Kier molecular flexibility index (Phi) is 7.24. The number of benzene rings is 1. The Morgan fingerprint density at radius 2 is 1.53 bits per heavy atom. The lowest BCUT2D eigenvalue weighted by atomic mass is 9.85. The van der Waals surface area contributed by atoms with E-state index in [0.29, 0.717) is 13.0 Å². The molecule has 0 radical (unpaired) electrons. The maximum absolute atomic E-state index is 13.9. The topological polar surface area (TPSA) is 85.4 Å². The van der Waals surface area contributed by atoms with Crippen molar-refractivity contribution in [3.8, 4) is 0 Å². The second-order valence-corrected chi connectivity index (χ2v) is 24.7. The lowest BCUT2D eigenvalue weighted by Crippen LogP contribution is -2.60. The molecule has 1 heterocycles. The van der Waals surface area contributed by atoms with Crippen molar-refractivity contribution in [2.75, 3.05) is 6.61 Å². The van der Waals surface area contributed by atoms with Crippen molar-refractivity contribution >= 4 is 26.5 Å². The van der Waals surface area contributed by atoms with Crippen LogP contribution in [0.5, 0.6) is 0 Å². The molecule has 2 aliphatic rings. The molecule has 1 aliphatic heterocycles. The van der Waals surface area contributed by atoms with Crippen molar-refractivity contribution in [3.63, 3.8) is 0 Å². The molecule has 9 heteroatoms. The second-order valence-electron chi connectivity index (χ2n) is 13.0. The molecular weight excluding hydrogens is 485 g/mol. The lowest BCUT2D eigenvalue weighted by molar-refractivity contribution is -0.0507. The summed E-state index contributed by atoms with van der Waals surface area (Å²) < 4.78 is 46.9. The van der Waals surface area contributed by atoms with Gasteiger partial charge >= 0.3 is 0 Å². The molecule has 0 bridgehead atoms. The third kappa shape index (κ3) is 4.74. The van der Waals surface area contributed by atoms with E-state index in [9.17, 15) is 13.5 Å². The zero-order valence-corrected chi connectivity index (χ0v) is 25.3. The Labute approximate surface area is 208 Å². The molecule has 0 amide bonds.